The lowest BCUT2D eigenvalue weighted by molar-refractivity contribution is -0.763. The molecule has 0 fully saturated rings. The fraction of sp³-hybridized carbons (Fsp3) is 0.238. The van der Waals surface area contributed by atoms with E-state index in [1.807, 2.05) is 49.5 Å². The number of H-pyrrole nitrogens is 1. The predicted octanol–water partition coefficient (Wildman–Crippen LogP) is 3.08. The van der Waals surface area contributed by atoms with Gasteiger partial charge in [-0.05, 0) is 53.4 Å². The molecule has 1 amide bonds. The van der Waals surface area contributed by atoms with Crippen LogP contribution in [0.4, 0.5) is 11.4 Å². The number of nitrogens with zero attached hydrogens (tertiary/aromatic N) is 4. The Labute approximate surface area is 183 Å². The van der Waals surface area contributed by atoms with E-state index in [1.165, 1.54) is 18.7 Å². The highest BCUT2D eigenvalue weighted by Crippen LogP contribution is 2.39. The molecule has 154 valence electrons. The van der Waals surface area contributed by atoms with Gasteiger partial charge in [0.05, 0.1) is 11.3 Å². The van der Waals surface area contributed by atoms with Crippen LogP contribution in [0.3, 0.4) is 0 Å². The molecule has 1 atom stereocenters. The molecular weight excluding hydrogens is 422 g/mol. The quantitative estimate of drug-likeness (QED) is 0.498. The smallest absolute Gasteiger partial charge is 0.325 e. The van der Waals surface area contributed by atoms with E-state index in [2.05, 4.69) is 10.1 Å². The number of fused-ring (bicyclic) bond motifs is 3. The molecular formula is C21H21ClN5O2S+. The average Bonchev–Trinajstić information content (AvgIpc) is 2.72. The number of thioether (sulfide) groups is 1. The summed E-state index contributed by atoms with van der Waals surface area (Å²) in [6.07, 6.45) is 1.23. The van der Waals surface area contributed by atoms with Gasteiger partial charge in [0.25, 0.3) is 6.17 Å². The van der Waals surface area contributed by atoms with Gasteiger partial charge in [0.2, 0.25) is 11.1 Å². The maximum atomic E-state index is 13.0. The minimum absolute atomic E-state index is 0.161. The van der Waals surface area contributed by atoms with Gasteiger partial charge in [0, 0.05) is 42.4 Å². The molecule has 0 aliphatic carbocycles. The zero-order valence-corrected chi connectivity index (χ0v) is 18.6. The standard InChI is InChI=1S/C21H20ClN5O2S/c1-12(28)26-17-10-7-14(22)11-16(17)18-19(29)23-21(30-4)24-27(18)20(26)13-5-8-15(9-6-13)25(2)3/h5-11,20H,1-4H3/p+1. The fourth-order valence-corrected chi connectivity index (χ4v) is 4.21. The van der Waals surface area contributed by atoms with Crippen LogP contribution in [-0.2, 0) is 4.79 Å². The van der Waals surface area contributed by atoms with Crippen molar-refractivity contribution in [2.45, 2.75) is 18.2 Å². The van der Waals surface area contributed by atoms with Crippen molar-refractivity contribution in [3.63, 3.8) is 0 Å². The summed E-state index contributed by atoms with van der Waals surface area (Å²) in [4.78, 5) is 32.3. The van der Waals surface area contributed by atoms with Crippen LogP contribution in [0.25, 0.3) is 11.3 Å². The fourth-order valence-electron chi connectivity index (χ4n) is 3.67. The van der Waals surface area contributed by atoms with Gasteiger partial charge in [-0.3, -0.25) is 14.6 Å². The third kappa shape index (κ3) is 3.36. The van der Waals surface area contributed by atoms with Gasteiger partial charge < -0.3 is 4.90 Å². The van der Waals surface area contributed by atoms with E-state index in [4.69, 9.17) is 11.6 Å². The summed E-state index contributed by atoms with van der Waals surface area (Å²) in [5.41, 5.74) is 3.15. The number of halogens is 1. The SMILES string of the molecule is CSc1n[n+]2c(c(=O)[nH]1)-c1cc(Cl)ccc1N(C(C)=O)C2c1ccc(N(C)C)cc1. The topological polar surface area (TPSA) is 73.2 Å². The normalized spacial score (nSPS) is 14.8. The van der Waals surface area contributed by atoms with Crippen LogP contribution in [0.15, 0.2) is 52.4 Å². The van der Waals surface area contributed by atoms with E-state index in [1.54, 1.807) is 27.8 Å². The first-order valence-electron chi connectivity index (χ1n) is 9.29. The molecule has 0 spiro atoms. The number of carbonyl (C=O) groups is 1. The van der Waals surface area contributed by atoms with Crippen LogP contribution in [-0.4, -0.2) is 36.3 Å². The minimum atomic E-state index is -0.601. The average molecular weight is 443 g/mol. The Morgan fingerprint density at radius 2 is 1.93 bits per heavy atom. The van der Waals surface area contributed by atoms with Crippen molar-refractivity contribution in [3.05, 3.63) is 63.4 Å². The largest absolute Gasteiger partial charge is 0.378 e. The first-order chi connectivity index (χ1) is 14.3. The maximum absolute atomic E-state index is 13.0. The summed E-state index contributed by atoms with van der Waals surface area (Å²) >= 11 is 7.56. The molecule has 0 bridgehead atoms. The van der Waals surface area contributed by atoms with Gasteiger partial charge in [-0.15, -0.1) is 0 Å². The van der Waals surface area contributed by atoms with Gasteiger partial charge in [-0.25, -0.2) is 4.90 Å². The summed E-state index contributed by atoms with van der Waals surface area (Å²) in [5, 5.41) is 5.59. The van der Waals surface area contributed by atoms with E-state index in [0.717, 1.165) is 11.3 Å². The third-order valence-electron chi connectivity index (χ3n) is 5.05. The van der Waals surface area contributed by atoms with Gasteiger partial charge in [-0.2, -0.15) is 0 Å². The number of rotatable bonds is 3. The van der Waals surface area contributed by atoms with E-state index < -0.39 is 6.17 Å². The molecule has 2 aromatic carbocycles. The summed E-state index contributed by atoms with van der Waals surface area (Å²) in [5.74, 6) is -0.161. The number of aromatic amines is 1. The Bertz CT molecular complexity index is 1190. The Morgan fingerprint density at radius 1 is 1.23 bits per heavy atom. The van der Waals surface area contributed by atoms with Crippen molar-refractivity contribution < 1.29 is 9.48 Å². The monoisotopic (exact) mass is 442 g/mol. The number of benzene rings is 2. The van der Waals surface area contributed by atoms with Crippen molar-refractivity contribution in [2.75, 3.05) is 30.2 Å². The molecule has 4 rings (SSSR count). The van der Waals surface area contributed by atoms with Crippen molar-refractivity contribution in [1.82, 2.24) is 10.1 Å². The highest BCUT2D eigenvalue weighted by molar-refractivity contribution is 7.98. The lowest BCUT2D eigenvalue weighted by Crippen LogP contribution is -2.60. The zero-order chi connectivity index (χ0) is 21.6. The van der Waals surface area contributed by atoms with E-state index >= 15 is 0 Å². The summed E-state index contributed by atoms with van der Waals surface area (Å²) in [6, 6.07) is 13.0. The Hall–Kier alpha value is -2.84. The lowest BCUT2D eigenvalue weighted by atomic mass is 10.0. The number of nitrogens with one attached hydrogen (secondary N) is 1. The number of hydrogen-bond donors (Lipinski definition) is 1. The van der Waals surface area contributed by atoms with Crippen molar-refractivity contribution >= 4 is 40.6 Å². The highest BCUT2D eigenvalue weighted by atomic mass is 35.5. The summed E-state index contributed by atoms with van der Waals surface area (Å²) in [7, 11) is 3.93. The van der Waals surface area contributed by atoms with E-state index in [-0.39, 0.29) is 11.5 Å². The molecule has 1 aliphatic rings. The Balaban J connectivity index is 2.04. The molecule has 0 saturated heterocycles. The molecule has 30 heavy (non-hydrogen) atoms. The minimum Gasteiger partial charge on any atom is -0.378 e. The molecule has 1 unspecified atom stereocenters. The first-order valence-corrected chi connectivity index (χ1v) is 10.9. The van der Waals surface area contributed by atoms with Gasteiger partial charge >= 0.3 is 11.3 Å². The van der Waals surface area contributed by atoms with E-state index in [0.29, 0.717) is 27.1 Å². The summed E-state index contributed by atoms with van der Waals surface area (Å²) in [6.45, 7) is 1.51. The van der Waals surface area contributed by atoms with Crippen LogP contribution < -0.4 is 20.0 Å². The predicted molar refractivity (Wildman–Crippen MR) is 119 cm³/mol. The molecule has 2 heterocycles. The highest BCUT2D eigenvalue weighted by Gasteiger charge is 2.45. The number of anilines is 2. The second-order valence-electron chi connectivity index (χ2n) is 7.17. The molecule has 0 saturated carbocycles. The molecule has 3 aromatic rings. The van der Waals surface area contributed by atoms with Crippen molar-refractivity contribution in [2.24, 2.45) is 0 Å². The van der Waals surface area contributed by atoms with Crippen LogP contribution in [0, 0.1) is 0 Å². The Morgan fingerprint density at radius 3 is 2.53 bits per heavy atom. The zero-order valence-electron chi connectivity index (χ0n) is 17.0. The van der Waals surface area contributed by atoms with Gasteiger partial charge in [0.1, 0.15) is 0 Å². The summed E-state index contributed by atoms with van der Waals surface area (Å²) < 4.78 is 1.62. The van der Waals surface area contributed by atoms with E-state index in [9.17, 15) is 9.59 Å². The number of amides is 1. The molecule has 9 heteroatoms. The van der Waals surface area contributed by atoms with Crippen molar-refractivity contribution in [3.8, 4) is 11.3 Å². The second kappa shape index (κ2) is 7.77. The second-order valence-corrected chi connectivity index (χ2v) is 8.40. The number of carbonyl (C=O) groups excluding carboxylic acids is 1. The first kappa shape index (κ1) is 20.4. The molecule has 1 aliphatic heterocycles. The molecule has 1 aromatic heterocycles. The van der Waals surface area contributed by atoms with Crippen LogP contribution in [0.5, 0.6) is 0 Å². The Kier molecular flexibility index (Phi) is 5.29. The van der Waals surface area contributed by atoms with Gasteiger partial charge in [0.15, 0.2) is 0 Å². The lowest BCUT2D eigenvalue weighted by Gasteiger charge is -2.31. The van der Waals surface area contributed by atoms with Crippen molar-refractivity contribution in [1.29, 1.82) is 0 Å². The molecule has 0 radical (unpaired) electrons. The third-order valence-corrected chi connectivity index (χ3v) is 5.86. The van der Waals surface area contributed by atoms with Gasteiger partial charge in [-0.1, -0.05) is 23.4 Å². The van der Waals surface area contributed by atoms with Crippen LogP contribution in [0.1, 0.15) is 18.7 Å². The number of hydrogen-bond acceptors (Lipinski definition) is 5. The molecule has 1 N–H and O–H groups in total. The maximum Gasteiger partial charge on any atom is 0.325 e. The number of aromatic nitrogens is 3. The van der Waals surface area contributed by atoms with Crippen LogP contribution in [0.2, 0.25) is 5.02 Å². The van der Waals surface area contributed by atoms with Crippen LogP contribution >= 0.6 is 23.4 Å². The molecule has 7 nitrogen and oxygen atoms in total.